The quantitative estimate of drug-likeness (QED) is 0.918. The molecular weight excluding hydrogens is 262 g/mol. The Bertz CT molecular complexity index is 607. The molecule has 1 N–H and O–H groups in total. The Labute approximate surface area is 115 Å². The Kier molecular flexibility index (Phi) is 3.33. The van der Waals surface area contributed by atoms with Crippen molar-refractivity contribution in [1.82, 2.24) is 14.9 Å². The fourth-order valence-corrected chi connectivity index (χ4v) is 2.88. The Hall–Kier alpha value is -1.69. The molecular formula is C13H15N3O2S. The SMILES string of the molecule is COc1cccn2ncc(C(=O)NCC3CSC3)c12. The molecule has 0 bridgehead atoms. The van der Waals surface area contributed by atoms with Crippen LogP contribution in [0.25, 0.3) is 5.52 Å². The van der Waals surface area contributed by atoms with E-state index in [2.05, 4.69) is 10.4 Å². The molecule has 1 aliphatic heterocycles. The molecule has 2 aromatic heterocycles. The maximum Gasteiger partial charge on any atom is 0.255 e. The lowest BCUT2D eigenvalue weighted by Gasteiger charge is -2.24. The van der Waals surface area contributed by atoms with E-state index in [1.54, 1.807) is 24.0 Å². The van der Waals surface area contributed by atoms with Crippen molar-refractivity contribution in [3.63, 3.8) is 0 Å². The van der Waals surface area contributed by atoms with E-state index in [4.69, 9.17) is 4.74 Å². The first-order valence-corrected chi connectivity index (χ1v) is 7.31. The lowest BCUT2D eigenvalue weighted by molar-refractivity contribution is 0.0950. The number of carbonyl (C=O) groups is 1. The summed E-state index contributed by atoms with van der Waals surface area (Å²) in [6.45, 7) is 0.734. The number of nitrogens with one attached hydrogen (secondary N) is 1. The molecule has 6 heteroatoms. The zero-order chi connectivity index (χ0) is 13.2. The molecule has 0 saturated carbocycles. The number of hydrogen-bond donors (Lipinski definition) is 1. The van der Waals surface area contributed by atoms with Gasteiger partial charge >= 0.3 is 0 Å². The first-order chi connectivity index (χ1) is 9.29. The topological polar surface area (TPSA) is 55.6 Å². The Morgan fingerprint density at radius 2 is 2.47 bits per heavy atom. The van der Waals surface area contributed by atoms with Crippen molar-refractivity contribution >= 4 is 23.2 Å². The molecule has 0 atom stereocenters. The predicted octanol–water partition coefficient (Wildman–Crippen LogP) is 1.44. The minimum Gasteiger partial charge on any atom is -0.494 e. The van der Waals surface area contributed by atoms with E-state index in [-0.39, 0.29) is 5.91 Å². The fraction of sp³-hybridized carbons (Fsp3) is 0.385. The third-order valence-corrected chi connectivity index (χ3v) is 4.64. The van der Waals surface area contributed by atoms with Crippen LogP contribution in [0, 0.1) is 5.92 Å². The van der Waals surface area contributed by atoms with Crippen LogP contribution >= 0.6 is 11.8 Å². The molecule has 100 valence electrons. The Morgan fingerprint density at radius 3 is 3.16 bits per heavy atom. The van der Waals surface area contributed by atoms with Gasteiger partial charge in [-0.3, -0.25) is 4.79 Å². The summed E-state index contributed by atoms with van der Waals surface area (Å²) < 4.78 is 6.95. The maximum atomic E-state index is 12.2. The lowest BCUT2D eigenvalue weighted by Crippen LogP contribution is -2.35. The van der Waals surface area contributed by atoms with Crippen LogP contribution in [0.4, 0.5) is 0 Å². The highest BCUT2D eigenvalue weighted by Crippen LogP contribution is 2.25. The van der Waals surface area contributed by atoms with Crippen molar-refractivity contribution in [3.8, 4) is 5.75 Å². The van der Waals surface area contributed by atoms with Crippen molar-refractivity contribution in [3.05, 3.63) is 30.1 Å². The zero-order valence-electron chi connectivity index (χ0n) is 10.6. The number of hydrogen-bond acceptors (Lipinski definition) is 4. The number of amides is 1. The summed E-state index contributed by atoms with van der Waals surface area (Å²) in [5.41, 5.74) is 1.27. The average molecular weight is 277 g/mol. The van der Waals surface area contributed by atoms with Crippen molar-refractivity contribution in [2.24, 2.45) is 5.92 Å². The summed E-state index contributed by atoms with van der Waals surface area (Å²) in [6, 6.07) is 3.67. The highest BCUT2D eigenvalue weighted by Gasteiger charge is 2.21. The van der Waals surface area contributed by atoms with Gasteiger partial charge in [0.05, 0.1) is 18.9 Å². The van der Waals surface area contributed by atoms with Gasteiger partial charge in [0.15, 0.2) is 0 Å². The largest absolute Gasteiger partial charge is 0.494 e. The number of nitrogens with zero attached hydrogens (tertiary/aromatic N) is 2. The van der Waals surface area contributed by atoms with Crippen LogP contribution in [-0.4, -0.2) is 40.7 Å². The molecule has 1 aliphatic rings. The highest BCUT2D eigenvalue weighted by atomic mass is 32.2. The average Bonchev–Trinajstić information content (AvgIpc) is 2.80. The normalized spacial score (nSPS) is 15.2. The molecule has 19 heavy (non-hydrogen) atoms. The van der Waals surface area contributed by atoms with E-state index in [1.807, 2.05) is 23.9 Å². The molecule has 0 aromatic carbocycles. The van der Waals surface area contributed by atoms with E-state index in [0.29, 0.717) is 22.7 Å². The molecule has 3 heterocycles. The smallest absolute Gasteiger partial charge is 0.255 e. The van der Waals surface area contributed by atoms with Crippen LogP contribution in [0.15, 0.2) is 24.5 Å². The number of methoxy groups -OCH3 is 1. The number of thioether (sulfide) groups is 1. The van der Waals surface area contributed by atoms with E-state index < -0.39 is 0 Å². The van der Waals surface area contributed by atoms with Gasteiger partial charge in [0, 0.05) is 12.7 Å². The molecule has 2 aromatic rings. The van der Waals surface area contributed by atoms with Gasteiger partial charge in [-0.2, -0.15) is 16.9 Å². The van der Waals surface area contributed by atoms with E-state index in [9.17, 15) is 4.79 Å². The number of aromatic nitrogens is 2. The van der Waals surface area contributed by atoms with Crippen LogP contribution in [-0.2, 0) is 0 Å². The van der Waals surface area contributed by atoms with Crippen molar-refractivity contribution in [2.45, 2.75) is 0 Å². The number of rotatable bonds is 4. The number of carbonyl (C=O) groups excluding carboxylic acids is 1. The second-order valence-electron chi connectivity index (χ2n) is 4.54. The predicted molar refractivity (Wildman–Crippen MR) is 74.9 cm³/mol. The van der Waals surface area contributed by atoms with Gasteiger partial charge in [-0.05, 0) is 29.6 Å². The monoisotopic (exact) mass is 277 g/mol. The number of fused-ring (bicyclic) bond motifs is 1. The van der Waals surface area contributed by atoms with Gasteiger partial charge in [-0.15, -0.1) is 0 Å². The van der Waals surface area contributed by atoms with E-state index in [0.717, 1.165) is 18.1 Å². The molecule has 0 aliphatic carbocycles. The minimum absolute atomic E-state index is 0.0867. The summed E-state index contributed by atoms with van der Waals surface area (Å²) in [5.74, 6) is 3.45. The van der Waals surface area contributed by atoms with Crippen molar-refractivity contribution < 1.29 is 9.53 Å². The molecule has 0 spiro atoms. The molecule has 1 amide bonds. The number of ether oxygens (including phenoxy) is 1. The summed E-state index contributed by atoms with van der Waals surface area (Å²) in [6.07, 6.45) is 3.39. The highest BCUT2D eigenvalue weighted by molar-refractivity contribution is 8.00. The van der Waals surface area contributed by atoms with Gasteiger partial charge in [0.25, 0.3) is 5.91 Å². The van der Waals surface area contributed by atoms with Crippen LogP contribution in [0.1, 0.15) is 10.4 Å². The summed E-state index contributed by atoms with van der Waals surface area (Å²) in [4.78, 5) is 12.2. The molecule has 3 rings (SSSR count). The maximum absolute atomic E-state index is 12.2. The molecule has 1 saturated heterocycles. The molecule has 0 unspecified atom stereocenters. The summed E-state index contributed by atoms with van der Waals surface area (Å²) in [5, 5.41) is 7.15. The van der Waals surface area contributed by atoms with E-state index in [1.165, 1.54) is 0 Å². The first kappa shape index (κ1) is 12.3. The van der Waals surface area contributed by atoms with Gasteiger partial charge in [0.2, 0.25) is 0 Å². The number of pyridine rings is 1. The van der Waals surface area contributed by atoms with Gasteiger partial charge in [0.1, 0.15) is 11.3 Å². The second-order valence-corrected chi connectivity index (χ2v) is 5.62. The van der Waals surface area contributed by atoms with Crippen LogP contribution < -0.4 is 10.1 Å². The van der Waals surface area contributed by atoms with Gasteiger partial charge < -0.3 is 10.1 Å². The molecule has 1 fully saturated rings. The summed E-state index contributed by atoms with van der Waals surface area (Å²) >= 11 is 1.92. The summed E-state index contributed by atoms with van der Waals surface area (Å²) in [7, 11) is 1.59. The fourth-order valence-electron chi connectivity index (χ4n) is 2.08. The van der Waals surface area contributed by atoms with Crippen molar-refractivity contribution in [2.75, 3.05) is 25.2 Å². The third kappa shape index (κ3) is 2.28. The van der Waals surface area contributed by atoms with Gasteiger partial charge in [-0.25, -0.2) is 4.52 Å². The van der Waals surface area contributed by atoms with Crippen LogP contribution in [0.5, 0.6) is 5.75 Å². The minimum atomic E-state index is -0.0867. The molecule has 5 nitrogen and oxygen atoms in total. The lowest BCUT2D eigenvalue weighted by atomic mass is 10.2. The van der Waals surface area contributed by atoms with E-state index >= 15 is 0 Å². The zero-order valence-corrected chi connectivity index (χ0v) is 11.4. The van der Waals surface area contributed by atoms with Crippen LogP contribution in [0.3, 0.4) is 0 Å². The van der Waals surface area contributed by atoms with Crippen LogP contribution in [0.2, 0.25) is 0 Å². The van der Waals surface area contributed by atoms with Gasteiger partial charge in [-0.1, -0.05) is 0 Å². The first-order valence-electron chi connectivity index (χ1n) is 6.16. The Morgan fingerprint density at radius 1 is 1.63 bits per heavy atom. The second kappa shape index (κ2) is 5.13. The van der Waals surface area contributed by atoms with Crippen molar-refractivity contribution in [1.29, 1.82) is 0 Å². The molecule has 0 radical (unpaired) electrons. The Balaban J connectivity index is 1.84. The standard InChI is InChI=1S/C13H15N3O2S/c1-18-11-3-2-4-16-12(11)10(6-15-16)13(17)14-5-9-7-19-8-9/h2-4,6,9H,5,7-8H2,1H3,(H,14,17). The third-order valence-electron chi connectivity index (χ3n) is 3.23.